The van der Waals surface area contributed by atoms with E-state index in [1.807, 2.05) is 11.3 Å². The lowest BCUT2D eigenvalue weighted by Gasteiger charge is -2.31. The largest absolute Gasteiger partial charge is 0.297 e. The van der Waals surface area contributed by atoms with Gasteiger partial charge in [-0.3, -0.25) is 14.6 Å². The molecule has 0 aliphatic carbocycles. The second kappa shape index (κ2) is 9.56. The molecule has 0 bridgehead atoms. The molecule has 0 N–H and O–H groups in total. The van der Waals surface area contributed by atoms with Crippen LogP contribution in [0.1, 0.15) is 53.1 Å². The zero-order valence-electron chi connectivity index (χ0n) is 20.2. The maximum Gasteiger partial charge on any atom is 0.230 e. The van der Waals surface area contributed by atoms with Gasteiger partial charge < -0.3 is 0 Å². The zero-order valence-corrected chi connectivity index (χ0v) is 21.8. The molecule has 0 saturated carbocycles. The summed E-state index contributed by atoms with van der Waals surface area (Å²) in [5.74, 6) is 0.459. The van der Waals surface area contributed by atoms with Gasteiger partial charge in [0.25, 0.3) is 0 Å². The number of carbonyl (C=O) groups excluding carboxylic acids is 1. The molecule has 34 heavy (non-hydrogen) atoms. The number of para-hydroxylation sites is 1. The van der Waals surface area contributed by atoms with Crippen LogP contribution in [0.5, 0.6) is 0 Å². The maximum atomic E-state index is 12.7. The van der Waals surface area contributed by atoms with Crippen molar-refractivity contribution < 1.29 is 4.79 Å². The zero-order chi connectivity index (χ0) is 23.8. The van der Waals surface area contributed by atoms with E-state index < -0.39 is 0 Å². The number of carbonyl (C=O) groups is 1. The average Bonchev–Trinajstić information content (AvgIpc) is 3.43. The molecule has 2 aromatic heterocycles. The van der Waals surface area contributed by atoms with E-state index in [4.69, 9.17) is 9.97 Å². The summed E-state index contributed by atoms with van der Waals surface area (Å²) in [6.45, 7) is 10.7. The van der Waals surface area contributed by atoms with Crippen molar-refractivity contribution in [3.63, 3.8) is 0 Å². The summed E-state index contributed by atoms with van der Waals surface area (Å²) in [7, 11) is 0. The highest BCUT2D eigenvalue weighted by Gasteiger charge is 2.26. The molecule has 1 fully saturated rings. The Bertz CT molecular complexity index is 1290. The van der Waals surface area contributed by atoms with Crippen molar-refractivity contribution >= 4 is 49.6 Å². The molecule has 1 amide bonds. The van der Waals surface area contributed by atoms with Gasteiger partial charge in [-0.1, -0.05) is 29.8 Å². The van der Waals surface area contributed by atoms with Crippen molar-refractivity contribution in [2.45, 2.75) is 53.0 Å². The topological polar surface area (TPSA) is 49.3 Å². The Balaban J connectivity index is 1.33. The molecule has 1 saturated heterocycles. The van der Waals surface area contributed by atoms with E-state index in [2.05, 4.69) is 67.4 Å². The minimum Gasteiger partial charge on any atom is -0.297 e. The number of aryl methyl sites for hydroxylation is 3. The highest BCUT2D eigenvalue weighted by atomic mass is 32.1. The highest BCUT2D eigenvalue weighted by Crippen LogP contribution is 2.36. The molecular weight excluding hydrogens is 460 g/mol. The van der Waals surface area contributed by atoms with Gasteiger partial charge >= 0.3 is 0 Å². The van der Waals surface area contributed by atoms with Gasteiger partial charge in [0.15, 0.2) is 5.13 Å². The van der Waals surface area contributed by atoms with E-state index in [1.165, 1.54) is 28.1 Å². The number of hydrogen-bond donors (Lipinski definition) is 0. The van der Waals surface area contributed by atoms with Crippen LogP contribution in [0, 0.1) is 20.8 Å². The molecule has 2 aromatic carbocycles. The van der Waals surface area contributed by atoms with E-state index >= 15 is 0 Å². The fourth-order valence-electron chi connectivity index (χ4n) is 5.08. The van der Waals surface area contributed by atoms with Crippen molar-refractivity contribution in [3.8, 4) is 0 Å². The summed E-state index contributed by atoms with van der Waals surface area (Å²) in [5.41, 5.74) is 6.48. The first kappa shape index (κ1) is 23.1. The van der Waals surface area contributed by atoms with E-state index in [-0.39, 0.29) is 5.91 Å². The molecule has 5 nitrogen and oxygen atoms in total. The highest BCUT2D eigenvalue weighted by molar-refractivity contribution is 7.18. The Kier molecular flexibility index (Phi) is 6.51. The van der Waals surface area contributed by atoms with Crippen LogP contribution < -0.4 is 4.90 Å². The number of hydrogen-bond acceptors (Lipinski definition) is 6. The summed E-state index contributed by atoms with van der Waals surface area (Å²) in [6, 6.07) is 12.7. The first-order chi connectivity index (χ1) is 16.4. The van der Waals surface area contributed by atoms with E-state index in [1.54, 1.807) is 23.2 Å². The Hall–Kier alpha value is -2.61. The molecule has 1 aliphatic heterocycles. The molecule has 0 spiro atoms. The fourth-order valence-corrected chi connectivity index (χ4v) is 7.04. The standard InChI is InChI=1S/C27H30N4OS2/c1-17-12-18(2)25(19(3)13-17)31(20(4)32)27-28-22(16-33-27)15-30-11-7-8-21(14-30)26-29-23-9-5-6-10-24(23)34-26/h5-6,9-10,12-13,16,21H,7-8,11,14-15H2,1-4H3/t21-/m0/s1. The third-order valence-electron chi connectivity index (χ3n) is 6.46. The average molecular weight is 491 g/mol. The number of likely N-dealkylation sites (tertiary alicyclic amines) is 1. The van der Waals surface area contributed by atoms with Crippen LogP contribution in [0.4, 0.5) is 10.8 Å². The second-order valence-corrected chi connectivity index (χ2v) is 11.2. The van der Waals surface area contributed by atoms with E-state index in [0.717, 1.165) is 52.8 Å². The number of piperidine rings is 1. The van der Waals surface area contributed by atoms with Gasteiger partial charge in [-0.15, -0.1) is 22.7 Å². The lowest BCUT2D eigenvalue weighted by Crippen LogP contribution is -2.34. The SMILES string of the molecule is CC(=O)N(c1nc(CN2CCC[C@H](c3nc4ccccc4s3)C2)cs1)c1c(C)cc(C)cc1C. The monoisotopic (exact) mass is 490 g/mol. The molecular formula is C27H30N4OS2. The predicted molar refractivity (Wildman–Crippen MR) is 142 cm³/mol. The van der Waals surface area contributed by atoms with Crippen LogP contribution in [-0.4, -0.2) is 33.9 Å². The van der Waals surface area contributed by atoms with Gasteiger partial charge in [0.2, 0.25) is 5.91 Å². The Morgan fingerprint density at radius 3 is 2.65 bits per heavy atom. The molecule has 1 atom stereocenters. The molecule has 176 valence electrons. The molecule has 3 heterocycles. The predicted octanol–water partition coefficient (Wildman–Crippen LogP) is 6.74. The third-order valence-corrected chi connectivity index (χ3v) is 8.53. The Morgan fingerprint density at radius 2 is 1.91 bits per heavy atom. The van der Waals surface area contributed by atoms with E-state index in [0.29, 0.717) is 5.92 Å². The van der Waals surface area contributed by atoms with Gasteiger partial charge in [-0.2, -0.15) is 0 Å². The smallest absolute Gasteiger partial charge is 0.230 e. The number of aromatic nitrogens is 2. The lowest BCUT2D eigenvalue weighted by molar-refractivity contribution is -0.115. The van der Waals surface area contributed by atoms with Gasteiger partial charge in [-0.05, 0) is 63.4 Å². The number of benzene rings is 2. The van der Waals surface area contributed by atoms with E-state index in [9.17, 15) is 4.79 Å². The fraction of sp³-hybridized carbons (Fsp3) is 0.370. The first-order valence-corrected chi connectivity index (χ1v) is 13.5. The summed E-state index contributed by atoms with van der Waals surface area (Å²) in [5, 5.41) is 4.10. The Labute approximate surface area is 209 Å². The van der Waals surface area contributed by atoms with Crippen molar-refractivity contribution in [3.05, 3.63) is 69.2 Å². The second-order valence-electron chi connectivity index (χ2n) is 9.32. The van der Waals surface area contributed by atoms with Gasteiger partial charge in [-0.25, -0.2) is 9.97 Å². The summed E-state index contributed by atoms with van der Waals surface area (Å²) in [4.78, 5) is 26.8. The van der Waals surface area contributed by atoms with Crippen LogP contribution in [-0.2, 0) is 11.3 Å². The van der Waals surface area contributed by atoms with Crippen LogP contribution in [0.15, 0.2) is 41.8 Å². The first-order valence-electron chi connectivity index (χ1n) is 11.8. The number of thiazole rings is 2. The van der Waals surface area contributed by atoms with Crippen molar-refractivity contribution in [2.24, 2.45) is 0 Å². The minimum absolute atomic E-state index is 0.00942. The quantitative estimate of drug-likeness (QED) is 0.311. The lowest BCUT2D eigenvalue weighted by atomic mass is 9.98. The van der Waals surface area contributed by atoms with Crippen LogP contribution >= 0.6 is 22.7 Å². The van der Waals surface area contributed by atoms with Crippen LogP contribution in [0.2, 0.25) is 0 Å². The van der Waals surface area contributed by atoms with Crippen molar-refractivity contribution in [1.82, 2.24) is 14.9 Å². The number of anilines is 2. The minimum atomic E-state index is -0.00942. The number of rotatable bonds is 5. The molecule has 0 unspecified atom stereocenters. The molecule has 1 aliphatic rings. The maximum absolute atomic E-state index is 12.7. The number of fused-ring (bicyclic) bond motifs is 1. The van der Waals surface area contributed by atoms with Crippen molar-refractivity contribution in [1.29, 1.82) is 0 Å². The third kappa shape index (κ3) is 4.65. The number of amides is 1. The number of nitrogens with zero attached hydrogens (tertiary/aromatic N) is 4. The van der Waals surface area contributed by atoms with Crippen LogP contribution in [0.3, 0.4) is 0 Å². The van der Waals surface area contributed by atoms with Gasteiger partial charge in [0.05, 0.1) is 26.6 Å². The van der Waals surface area contributed by atoms with Crippen molar-refractivity contribution in [2.75, 3.05) is 18.0 Å². The molecule has 0 radical (unpaired) electrons. The summed E-state index contributed by atoms with van der Waals surface area (Å²) < 4.78 is 1.27. The van der Waals surface area contributed by atoms with Gasteiger partial charge in [0, 0.05) is 31.3 Å². The van der Waals surface area contributed by atoms with Crippen LogP contribution in [0.25, 0.3) is 10.2 Å². The van der Waals surface area contributed by atoms with Gasteiger partial charge in [0.1, 0.15) is 0 Å². The molecule has 4 aromatic rings. The normalized spacial score (nSPS) is 16.8. The molecule has 5 rings (SSSR count). The Morgan fingerprint density at radius 1 is 1.15 bits per heavy atom. The molecule has 7 heteroatoms. The summed E-state index contributed by atoms with van der Waals surface area (Å²) >= 11 is 3.38. The summed E-state index contributed by atoms with van der Waals surface area (Å²) in [6.07, 6.45) is 2.35.